The van der Waals surface area contributed by atoms with Crippen molar-refractivity contribution in [3.63, 3.8) is 0 Å². The topological polar surface area (TPSA) is 69.7 Å². The van der Waals surface area contributed by atoms with Crippen LogP contribution in [-0.2, 0) is 9.59 Å². The quantitative estimate of drug-likeness (QED) is 0.856. The van der Waals surface area contributed by atoms with Crippen molar-refractivity contribution in [2.75, 3.05) is 13.1 Å². The first-order chi connectivity index (χ1) is 11.5. The number of urea groups is 1. The molecule has 0 spiro atoms. The molecule has 2 heterocycles. The number of hydrogen-bond acceptors (Lipinski definition) is 3. The van der Waals surface area contributed by atoms with Crippen LogP contribution in [-0.4, -0.2) is 46.3 Å². The van der Waals surface area contributed by atoms with Crippen LogP contribution in [0.2, 0.25) is 0 Å². The number of benzene rings is 1. The summed E-state index contributed by atoms with van der Waals surface area (Å²) in [5.41, 5.74) is 0.266. The summed E-state index contributed by atoms with van der Waals surface area (Å²) in [7, 11) is 0. The molecule has 1 aliphatic carbocycles. The van der Waals surface area contributed by atoms with Gasteiger partial charge in [-0.25, -0.2) is 4.79 Å². The maximum atomic E-state index is 12.6. The highest BCUT2D eigenvalue weighted by atomic mass is 16.2. The standard InChI is InChI=1S/C18H21N3O3/c1-18(13-7-8-13)16(23)21(17(24)19-18)11-15(22)20-10-9-14(20)12-5-3-2-4-6-12/h2-6,13-14H,7-11H2,1H3,(H,19,24)/t14-,18-/m0/s1. The Bertz CT molecular complexity index is 701. The Morgan fingerprint density at radius 1 is 1.21 bits per heavy atom. The minimum Gasteiger partial charge on any atom is -0.334 e. The van der Waals surface area contributed by atoms with E-state index in [0.717, 1.165) is 29.7 Å². The molecule has 6 heteroatoms. The first-order valence-corrected chi connectivity index (χ1v) is 8.49. The molecule has 2 saturated heterocycles. The molecular formula is C18H21N3O3. The van der Waals surface area contributed by atoms with Crippen LogP contribution in [0, 0.1) is 5.92 Å². The van der Waals surface area contributed by atoms with Crippen molar-refractivity contribution in [1.29, 1.82) is 0 Å². The predicted molar refractivity (Wildman–Crippen MR) is 86.9 cm³/mol. The number of nitrogens with one attached hydrogen (secondary N) is 1. The number of carbonyl (C=O) groups excluding carboxylic acids is 3. The lowest BCUT2D eigenvalue weighted by atomic mass is 9.94. The summed E-state index contributed by atoms with van der Waals surface area (Å²) < 4.78 is 0. The van der Waals surface area contributed by atoms with Gasteiger partial charge >= 0.3 is 6.03 Å². The van der Waals surface area contributed by atoms with Crippen molar-refractivity contribution < 1.29 is 14.4 Å². The highest BCUT2D eigenvalue weighted by molar-refractivity contribution is 6.09. The molecule has 4 rings (SSSR count). The zero-order valence-corrected chi connectivity index (χ0v) is 13.7. The van der Waals surface area contributed by atoms with Crippen LogP contribution in [0.3, 0.4) is 0 Å². The normalized spacial score (nSPS) is 29.5. The maximum Gasteiger partial charge on any atom is 0.325 e. The SMILES string of the molecule is C[C@@]1(C2CC2)NC(=O)N(CC(=O)N2CC[C@H]2c2ccccc2)C1=O. The maximum absolute atomic E-state index is 12.6. The minimum absolute atomic E-state index is 0.0503. The molecule has 1 saturated carbocycles. The van der Waals surface area contributed by atoms with Crippen LogP contribution in [0.4, 0.5) is 4.79 Å². The van der Waals surface area contributed by atoms with Gasteiger partial charge in [0.15, 0.2) is 0 Å². The van der Waals surface area contributed by atoms with Gasteiger partial charge in [-0.3, -0.25) is 14.5 Å². The number of hydrogen-bond donors (Lipinski definition) is 1. The number of imide groups is 1. The molecule has 2 atom stereocenters. The minimum atomic E-state index is -0.828. The first kappa shape index (κ1) is 15.2. The van der Waals surface area contributed by atoms with Crippen molar-refractivity contribution in [3.05, 3.63) is 35.9 Å². The van der Waals surface area contributed by atoms with Gasteiger partial charge in [-0.15, -0.1) is 0 Å². The zero-order valence-electron chi connectivity index (χ0n) is 13.7. The molecule has 0 radical (unpaired) electrons. The van der Waals surface area contributed by atoms with Gasteiger partial charge in [0.05, 0.1) is 6.04 Å². The van der Waals surface area contributed by atoms with Gasteiger partial charge in [-0.1, -0.05) is 30.3 Å². The average Bonchev–Trinajstić information content (AvgIpc) is 3.34. The molecule has 1 aromatic rings. The van der Waals surface area contributed by atoms with Crippen molar-refractivity contribution in [2.45, 2.75) is 37.8 Å². The van der Waals surface area contributed by atoms with Gasteiger partial charge in [0.2, 0.25) is 5.91 Å². The van der Waals surface area contributed by atoms with Crippen molar-refractivity contribution >= 4 is 17.8 Å². The first-order valence-electron chi connectivity index (χ1n) is 8.49. The summed E-state index contributed by atoms with van der Waals surface area (Å²) in [4.78, 5) is 40.2. The lowest BCUT2D eigenvalue weighted by Crippen LogP contribution is -2.51. The molecule has 3 aliphatic rings. The Labute approximate surface area is 140 Å². The van der Waals surface area contributed by atoms with Crippen LogP contribution in [0.25, 0.3) is 0 Å². The molecule has 0 aromatic heterocycles. The van der Waals surface area contributed by atoms with Crippen molar-refractivity contribution in [2.24, 2.45) is 5.92 Å². The van der Waals surface area contributed by atoms with Crippen molar-refractivity contribution in [3.8, 4) is 0 Å². The zero-order chi connectivity index (χ0) is 16.9. The third kappa shape index (κ3) is 2.28. The number of carbonyl (C=O) groups is 3. The van der Waals surface area contributed by atoms with Crippen LogP contribution < -0.4 is 5.32 Å². The Balaban J connectivity index is 1.45. The van der Waals surface area contributed by atoms with E-state index in [-0.39, 0.29) is 30.3 Å². The highest BCUT2D eigenvalue weighted by Crippen LogP contribution is 2.42. The second-order valence-corrected chi connectivity index (χ2v) is 7.10. The molecule has 1 N–H and O–H groups in total. The van der Waals surface area contributed by atoms with Gasteiger partial charge in [-0.05, 0) is 37.7 Å². The van der Waals surface area contributed by atoms with E-state index in [4.69, 9.17) is 0 Å². The molecule has 0 bridgehead atoms. The van der Waals surface area contributed by atoms with E-state index in [1.165, 1.54) is 0 Å². The molecule has 4 amide bonds. The Kier molecular flexibility index (Phi) is 3.37. The van der Waals surface area contributed by atoms with E-state index in [0.29, 0.717) is 6.54 Å². The number of likely N-dealkylation sites (tertiary alicyclic amines) is 1. The fourth-order valence-electron chi connectivity index (χ4n) is 3.73. The Morgan fingerprint density at radius 2 is 1.92 bits per heavy atom. The molecule has 126 valence electrons. The summed E-state index contributed by atoms with van der Waals surface area (Å²) in [5.74, 6) is -0.228. The van der Waals surface area contributed by atoms with Gasteiger partial charge in [-0.2, -0.15) is 0 Å². The molecule has 1 aromatic carbocycles. The van der Waals surface area contributed by atoms with Crippen LogP contribution in [0.15, 0.2) is 30.3 Å². The van der Waals surface area contributed by atoms with E-state index in [1.54, 1.807) is 11.8 Å². The van der Waals surface area contributed by atoms with E-state index < -0.39 is 11.6 Å². The van der Waals surface area contributed by atoms with E-state index in [9.17, 15) is 14.4 Å². The Morgan fingerprint density at radius 3 is 2.50 bits per heavy atom. The average molecular weight is 327 g/mol. The van der Waals surface area contributed by atoms with E-state index >= 15 is 0 Å². The van der Waals surface area contributed by atoms with Gasteiger partial charge in [0.25, 0.3) is 5.91 Å². The molecular weight excluding hydrogens is 306 g/mol. The van der Waals surface area contributed by atoms with Gasteiger partial charge in [0.1, 0.15) is 12.1 Å². The van der Waals surface area contributed by atoms with E-state index in [2.05, 4.69) is 5.32 Å². The molecule has 2 aliphatic heterocycles. The van der Waals surface area contributed by atoms with Gasteiger partial charge < -0.3 is 10.2 Å². The number of amides is 4. The van der Waals surface area contributed by atoms with Crippen LogP contribution >= 0.6 is 0 Å². The third-order valence-corrected chi connectivity index (χ3v) is 5.51. The third-order valence-electron chi connectivity index (χ3n) is 5.51. The second kappa shape index (κ2) is 5.33. The largest absolute Gasteiger partial charge is 0.334 e. The summed E-state index contributed by atoms with van der Waals surface area (Å²) in [6, 6.07) is 9.46. The lowest BCUT2D eigenvalue weighted by Gasteiger charge is -2.41. The van der Waals surface area contributed by atoms with Crippen LogP contribution in [0.5, 0.6) is 0 Å². The molecule has 24 heavy (non-hydrogen) atoms. The second-order valence-electron chi connectivity index (χ2n) is 7.10. The molecule has 6 nitrogen and oxygen atoms in total. The summed E-state index contributed by atoms with van der Waals surface area (Å²) >= 11 is 0. The Hall–Kier alpha value is -2.37. The lowest BCUT2D eigenvalue weighted by molar-refractivity contribution is -0.144. The summed E-state index contributed by atoms with van der Waals surface area (Å²) in [6.07, 6.45) is 2.81. The monoisotopic (exact) mass is 327 g/mol. The number of rotatable bonds is 4. The van der Waals surface area contributed by atoms with E-state index in [1.807, 2.05) is 30.3 Å². The predicted octanol–water partition coefficient (Wildman–Crippen LogP) is 1.68. The molecule has 0 unspecified atom stereocenters. The van der Waals surface area contributed by atoms with Crippen molar-refractivity contribution in [1.82, 2.24) is 15.1 Å². The molecule has 3 fully saturated rings. The fraction of sp³-hybridized carbons (Fsp3) is 0.500. The highest BCUT2D eigenvalue weighted by Gasteiger charge is 2.56. The number of nitrogens with zero attached hydrogens (tertiary/aromatic N) is 2. The smallest absolute Gasteiger partial charge is 0.325 e. The van der Waals surface area contributed by atoms with Crippen LogP contribution in [0.1, 0.15) is 37.8 Å². The van der Waals surface area contributed by atoms with Gasteiger partial charge in [0, 0.05) is 6.54 Å². The summed E-state index contributed by atoms with van der Waals surface area (Å²) in [5, 5.41) is 2.78. The fourth-order valence-corrected chi connectivity index (χ4v) is 3.73. The summed E-state index contributed by atoms with van der Waals surface area (Å²) in [6.45, 7) is 2.27.